The zero-order chi connectivity index (χ0) is 18.3. The fourth-order valence-corrected chi connectivity index (χ4v) is 3.58. The monoisotopic (exact) mass is 365 g/mol. The first kappa shape index (κ1) is 16.6. The standard InChI is InChI=1S/C19H16ClN5O/c1-11-4-6-13-15(9-11)24-18(23-13)16-3-2-8-25(16)19(26)14-7-5-12(10-21)17(20)22-14/h4-7,9,16H,2-3,8H2,1H3,(H,23,24)/t16-/m1/s1. The van der Waals surface area contributed by atoms with Gasteiger partial charge in [0.1, 0.15) is 22.7 Å². The number of aryl methyl sites for hydroxylation is 1. The van der Waals surface area contributed by atoms with Crippen LogP contribution in [0.1, 0.15) is 46.3 Å². The highest BCUT2D eigenvalue weighted by Crippen LogP contribution is 2.32. The van der Waals surface area contributed by atoms with Gasteiger partial charge in [0.25, 0.3) is 5.91 Å². The fraction of sp³-hybridized carbons (Fsp3) is 0.263. The number of nitrogens with zero attached hydrogens (tertiary/aromatic N) is 4. The van der Waals surface area contributed by atoms with Gasteiger partial charge in [0, 0.05) is 6.54 Å². The SMILES string of the molecule is Cc1ccc2nc([C@H]3CCCN3C(=O)c3ccc(C#N)c(Cl)n3)[nH]c2c1. The van der Waals surface area contributed by atoms with Gasteiger partial charge in [0.15, 0.2) is 0 Å². The van der Waals surface area contributed by atoms with E-state index in [4.69, 9.17) is 16.9 Å². The Bertz CT molecular complexity index is 1050. The number of likely N-dealkylation sites (tertiary alicyclic amines) is 1. The van der Waals surface area contributed by atoms with E-state index in [1.54, 1.807) is 11.0 Å². The van der Waals surface area contributed by atoms with E-state index >= 15 is 0 Å². The summed E-state index contributed by atoms with van der Waals surface area (Å²) in [6.07, 6.45) is 1.74. The number of aromatic amines is 1. The molecule has 0 bridgehead atoms. The summed E-state index contributed by atoms with van der Waals surface area (Å²) in [6.45, 7) is 2.67. The highest BCUT2D eigenvalue weighted by Gasteiger charge is 2.33. The van der Waals surface area contributed by atoms with Gasteiger partial charge in [-0.1, -0.05) is 17.7 Å². The lowest BCUT2D eigenvalue weighted by molar-refractivity contribution is 0.0724. The molecule has 1 amide bonds. The van der Waals surface area contributed by atoms with Gasteiger partial charge in [-0.15, -0.1) is 0 Å². The summed E-state index contributed by atoms with van der Waals surface area (Å²) in [5.74, 6) is 0.590. The van der Waals surface area contributed by atoms with Crippen LogP contribution in [0.25, 0.3) is 11.0 Å². The van der Waals surface area contributed by atoms with Crippen LogP contribution in [-0.4, -0.2) is 32.3 Å². The molecule has 4 rings (SSSR count). The Kier molecular flexibility index (Phi) is 4.09. The molecule has 3 aromatic rings. The van der Waals surface area contributed by atoms with E-state index in [9.17, 15) is 4.79 Å². The zero-order valence-electron chi connectivity index (χ0n) is 14.2. The Morgan fingerprint density at radius 1 is 1.35 bits per heavy atom. The molecule has 1 saturated heterocycles. The largest absolute Gasteiger partial charge is 0.340 e. The highest BCUT2D eigenvalue weighted by molar-refractivity contribution is 6.30. The van der Waals surface area contributed by atoms with Gasteiger partial charge in [-0.25, -0.2) is 9.97 Å². The summed E-state index contributed by atoms with van der Waals surface area (Å²) >= 11 is 5.98. The van der Waals surface area contributed by atoms with E-state index in [2.05, 4.69) is 21.0 Å². The summed E-state index contributed by atoms with van der Waals surface area (Å²) in [6, 6.07) is 11.0. The Balaban J connectivity index is 1.66. The molecule has 0 spiro atoms. The van der Waals surface area contributed by atoms with Crippen molar-refractivity contribution in [2.24, 2.45) is 0 Å². The van der Waals surface area contributed by atoms with Crippen LogP contribution in [0.15, 0.2) is 30.3 Å². The minimum absolute atomic E-state index is 0.0494. The lowest BCUT2D eigenvalue weighted by Crippen LogP contribution is -2.31. The lowest BCUT2D eigenvalue weighted by atomic mass is 10.2. The van der Waals surface area contributed by atoms with Gasteiger partial charge in [0.05, 0.1) is 22.6 Å². The van der Waals surface area contributed by atoms with Crippen LogP contribution in [0.2, 0.25) is 5.15 Å². The van der Waals surface area contributed by atoms with Crippen molar-refractivity contribution in [2.45, 2.75) is 25.8 Å². The van der Waals surface area contributed by atoms with Gasteiger partial charge < -0.3 is 9.88 Å². The zero-order valence-corrected chi connectivity index (χ0v) is 14.9. The maximum atomic E-state index is 12.9. The van der Waals surface area contributed by atoms with Crippen LogP contribution in [0.3, 0.4) is 0 Å². The maximum absolute atomic E-state index is 12.9. The fourth-order valence-electron chi connectivity index (χ4n) is 3.38. The second kappa shape index (κ2) is 6.43. The van der Waals surface area contributed by atoms with Crippen molar-refractivity contribution in [1.82, 2.24) is 19.9 Å². The molecule has 1 aliphatic heterocycles. The predicted octanol–water partition coefficient (Wildman–Crippen LogP) is 3.77. The van der Waals surface area contributed by atoms with Crippen LogP contribution in [-0.2, 0) is 0 Å². The summed E-state index contributed by atoms with van der Waals surface area (Å²) < 4.78 is 0. The number of carbonyl (C=O) groups excluding carboxylic acids is 1. The second-order valence-electron chi connectivity index (χ2n) is 6.45. The molecular weight excluding hydrogens is 350 g/mol. The number of H-pyrrole nitrogens is 1. The van der Waals surface area contributed by atoms with Gasteiger partial charge in [-0.05, 0) is 49.6 Å². The van der Waals surface area contributed by atoms with Gasteiger partial charge in [-0.3, -0.25) is 4.79 Å². The Morgan fingerprint density at radius 3 is 2.96 bits per heavy atom. The number of fused-ring (bicyclic) bond motifs is 1. The van der Waals surface area contributed by atoms with E-state index in [1.165, 1.54) is 6.07 Å². The van der Waals surface area contributed by atoms with E-state index in [1.807, 2.05) is 25.1 Å². The molecule has 0 saturated carbocycles. The molecule has 6 nitrogen and oxygen atoms in total. The quantitative estimate of drug-likeness (QED) is 0.700. The number of hydrogen-bond donors (Lipinski definition) is 1. The number of rotatable bonds is 2. The number of nitrogens with one attached hydrogen (secondary N) is 1. The van der Waals surface area contributed by atoms with Crippen LogP contribution in [0.5, 0.6) is 0 Å². The third-order valence-electron chi connectivity index (χ3n) is 4.67. The number of pyridine rings is 1. The third-order valence-corrected chi connectivity index (χ3v) is 4.96. The molecule has 1 aliphatic rings. The lowest BCUT2D eigenvalue weighted by Gasteiger charge is -2.22. The van der Waals surface area contributed by atoms with Crippen LogP contribution in [0, 0.1) is 18.3 Å². The highest BCUT2D eigenvalue weighted by atomic mass is 35.5. The molecule has 2 aromatic heterocycles. The van der Waals surface area contributed by atoms with Crippen molar-refractivity contribution in [3.8, 4) is 6.07 Å². The van der Waals surface area contributed by atoms with Gasteiger partial charge in [0.2, 0.25) is 0 Å². The van der Waals surface area contributed by atoms with E-state index in [0.717, 1.165) is 35.3 Å². The van der Waals surface area contributed by atoms with Crippen molar-refractivity contribution in [1.29, 1.82) is 5.26 Å². The molecule has 130 valence electrons. The minimum Gasteiger partial charge on any atom is -0.340 e. The van der Waals surface area contributed by atoms with Crippen molar-refractivity contribution < 1.29 is 4.79 Å². The molecule has 0 radical (unpaired) electrons. The van der Waals surface area contributed by atoms with E-state index in [0.29, 0.717) is 6.54 Å². The molecule has 26 heavy (non-hydrogen) atoms. The molecule has 1 aromatic carbocycles. The Labute approximate surface area is 155 Å². The Hall–Kier alpha value is -2.91. The first-order valence-electron chi connectivity index (χ1n) is 8.40. The van der Waals surface area contributed by atoms with E-state index in [-0.39, 0.29) is 28.4 Å². The first-order chi connectivity index (χ1) is 12.6. The van der Waals surface area contributed by atoms with Crippen LogP contribution >= 0.6 is 11.6 Å². The molecule has 1 atom stereocenters. The Morgan fingerprint density at radius 2 is 2.19 bits per heavy atom. The molecule has 3 heterocycles. The number of imidazole rings is 1. The number of amides is 1. The average Bonchev–Trinajstić information content (AvgIpc) is 3.27. The number of nitriles is 1. The van der Waals surface area contributed by atoms with Crippen LogP contribution < -0.4 is 0 Å². The second-order valence-corrected chi connectivity index (χ2v) is 6.80. The molecule has 1 N–H and O–H groups in total. The maximum Gasteiger partial charge on any atom is 0.273 e. The molecule has 0 unspecified atom stereocenters. The van der Waals surface area contributed by atoms with Gasteiger partial charge >= 0.3 is 0 Å². The normalized spacial score (nSPS) is 16.8. The van der Waals surface area contributed by atoms with Crippen LogP contribution in [0.4, 0.5) is 0 Å². The first-order valence-corrected chi connectivity index (χ1v) is 8.78. The topological polar surface area (TPSA) is 85.7 Å². The van der Waals surface area contributed by atoms with Gasteiger partial charge in [-0.2, -0.15) is 5.26 Å². The smallest absolute Gasteiger partial charge is 0.273 e. The summed E-state index contributed by atoms with van der Waals surface area (Å²) in [7, 11) is 0. The van der Waals surface area contributed by atoms with Crippen molar-refractivity contribution >= 4 is 28.5 Å². The summed E-state index contributed by atoms with van der Waals surface area (Å²) in [5.41, 5.74) is 3.52. The third kappa shape index (κ3) is 2.80. The average molecular weight is 366 g/mol. The molecule has 7 heteroatoms. The summed E-state index contributed by atoms with van der Waals surface area (Å²) in [5, 5.41) is 9.01. The number of carbonyl (C=O) groups is 1. The minimum atomic E-state index is -0.199. The molecule has 1 fully saturated rings. The summed E-state index contributed by atoms with van der Waals surface area (Å²) in [4.78, 5) is 26.8. The van der Waals surface area contributed by atoms with Crippen molar-refractivity contribution in [3.63, 3.8) is 0 Å². The number of benzene rings is 1. The number of halogens is 1. The van der Waals surface area contributed by atoms with Crippen molar-refractivity contribution in [3.05, 3.63) is 58.1 Å². The number of hydrogen-bond acceptors (Lipinski definition) is 4. The molecular formula is C19H16ClN5O. The number of aromatic nitrogens is 3. The van der Waals surface area contributed by atoms with E-state index < -0.39 is 0 Å². The molecule has 0 aliphatic carbocycles. The predicted molar refractivity (Wildman–Crippen MR) is 97.8 cm³/mol. The van der Waals surface area contributed by atoms with Crippen molar-refractivity contribution in [2.75, 3.05) is 6.54 Å².